The highest BCUT2D eigenvalue weighted by atomic mass is 16.1. The Bertz CT molecular complexity index is 92.6. The van der Waals surface area contributed by atoms with Crippen LogP contribution in [0.15, 0.2) is 0 Å². The summed E-state index contributed by atoms with van der Waals surface area (Å²) in [5.41, 5.74) is 7.15. The molecule has 0 saturated carbocycles. The molecule has 8 heavy (non-hydrogen) atoms. The molecule has 1 atom stereocenters. The maximum absolute atomic E-state index is 10.4. The molecule has 1 fully saturated rings. The zero-order valence-corrected chi connectivity index (χ0v) is 4.61. The van der Waals surface area contributed by atoms with Crippen molar-refractivity contribution >= 4 is 5.91 Å². The number of nitrogens with one attached hydrogen (secondary N) is 2. The molecule has 0 bridgehead atoms. The fraction of sp³-hybridized carbons (Fsp3) is 0.800. The monoisotopic (exact) mass is 113 g/mol. The third-order valence-electron chi connectivity index (χ3n) is 1.27. The van der Waals surface area contributed by atoms with Crippen LogP contribution in [0.3, 0.4) is 0 Å². The van der Waals surface area contributed by atoms with Gasteiger partial charge in [-0.05, 0) is 6.42 Å². The molecule has 1 unspecified atom stereocenters. The van der Waals surface area contributed by atoms with Crippen molar-refractivity contribution < 1.29 is 4.79 Å². The molecular formula is C5H9N2O. The van der Waals surface area contributed by atoms with E-state index in [-0.39, 0.29) is 11.9 Å². The van der Waals surface area contributed by atoms with Gasteiger partial charge in [0.25, 0.3) is 0 Å². The van der Waals surface area contributed by atoms with E-state index in [1.807, 2.05) is 0 Å². The molecule has 1 radical (unpaired) electrons. The first-order valence-electron chi connectivity index (χ1n) is 2.77. The van der Waals surface area contributed by atoms with Crippen molar-refractivity contribution in [3.8, 4) is 0 Å². The maximum Gasteiger partial charge on any atom is 0.220 e. The lowest BCUT2D eigenvalue weighted by Gasteiger charge is -2.16. The first-order chi connectivity index (χ1) is 3.79. The van der Waals surface area contributed by atoms with Crippen LogP contribution in [0.4, 0.5) is 0 Å². The summed E-state index contributed by atoms with van der Waals surface area (Å²) in [6, 6.07) is -0.0623. The van der Waals surface area contributed by atoms with E-state index in [1.165, 1.54) is 0 Å². The van der Waals surface area contributed by atoms with Gasteiger partial charge in [0.1, 0.15) is 0 Å². The molecule has 1 heterocycles. The SMILES string of the molecule is [NH]C1CCC(=O)NC1. The second-order valence-corrected chi connectivity index (χ2v) is 2.04. The molecule has 1 aliphatic rings. The second-order valence-electron chi connectivity index (χ2n) is 2.04. The van der Waals surface area contributed by atoms with E-state index in [2.05, 4.69) is 5.32 Å². The predicted octanol–water partition coefficient (Wildman–Crippen LogP) is -0.452. The topological polar surface area (TPSA) is 52.9 Å². The number of carbonyl (C=O) groups excluding carboxylic acids is 1. The summed E-state index contributed by atoms with van der Waals surface area (Å²) >= 11 is 0. The van der Waals surface area contributed by atoms with E-state index in [0.29, 0.717) is 13.0 Å². The first-order valence-corrected chi connectivity index (χ1v) is 2.77. The molecule has 45 valence electrons. The van der Waals surface area contributed by atoms with Crippen LogP contribution in [0.2, 0.25) is 0 Å². The Morgan fingerprint density at radius 2 is 2.50 bits per heavy atom. The molecule has 0 aromatic carbocycles. The summed E-state index contributed by atoms with van der Waals surface area (Å²) < 4.78 is 0. The van der Waals surface area contributed by atoms with Gasteiger partial charge in [0.2, 0.25) is 5.91 Å². The van der Waals surface area contributed by atoms with E-state index in [0.717, 1.165) is 6.42 Å². The molecule has 1 rings (SSSR count). The summed E-state index contributed by atoms with van der Waals surface area (Å²) in [5, 5.41) is 2.61. The number of rotatable bonds is 0. The van der Waals surface area contributed by atoms with E-state index in [4.69, 9.17) is 5.73 Å². The number of amides is 1. The van der Waals surface area contributed by atoms with Crippen LogP contribution in [0.25, 0.3) is 0 Å². The Balaban J connectivity index is 2.29. The average molecular weight is 113 g/mol. The standard InChI is InChI=1S/C5H9N2O/c6-4-1-2-5(8)7-3-4/h4,6H,1-3H2,(H,7,8). The highest BCUT2D eigenvalue weighted by molar-refractivity contribution is 5.76. The summed E-state index contributed by atoms with van der Waals surface area (Å²) in [6.07, 6.45) is 1.26. The molecule has 0 spiro atoms. The van der Waals surface area contributed by atoms with Crippen LogP contribution >= 0.6 is 0 Å². The molecule has 0 aliphatic carbocycles. The highest BCUT2D eigenvalue weighted by Crippen LogP contribution is 1.99. The van der Waals surface area contributed by atoms with Gasteiger partial charge in [-0.3, -0.25) is 10.5 Å². The van der Waals surface area contributed by atoms with Crippen LogP contribution in [-0.2, 0) is 4.79 Å². The molecule has 1 saturated heterocycles. The van der Waals surface area contributed by atoms with E-state index in [9.17, 15) is 4.79 Å². The third-order valence-corrected chi connectivity index (χ3v) is 1.27. The number of carbonyl (C=O) groups is 1. The summed E-state index contributed by atoms with van der Waals surface area (Å²) in [6.45, 7) is 0.541. The van der Waals surface area contributed by atoms with E-state index < -0.39 is 0 Å². The van der Waals surface area contributed by atoms with Crippen molar-refractivity contribution in [3.05, 3.63) is 0 Å². The van der Waals surface area contributed by atoms with Crippen molar-refractivity contribution in [1.29, 1.82) is 0 Å². The third kappa shape index (κ3) is 1.20. The van der Waals surface area contributed by atoms with Crippen LogP contribution in [0.1, 0.15) is 12.8 Å². The van der Waals surface area contributed by atoms with Crippen LogP contribution in [0.5, 0.6) is 0 Å². The van der Waals surface area contributed by atoms with Crippen molar-refractivity contribution in [2.24, 2.45) is 0 Å². The first kappa shape index (κ1) is 5.56. The van der Waals surface area contributed by atoms with Crippen LogP contribution in [0, 0.1) is 0 Å². The Hall–Kier alpha value is -0.570. The smallest absolute Gasteiger partial charge is 0.220 e. The second kappa shape index (κ2) is 2.13. The molecule has 1 aliphatic heterocycles. The van der Waals surface area contributed by atoms with E-state index >= 15 is 0 Å². The van der Waals surface area contributed by atoms with Gasteiger partial charge in [-0.2, -0.15) is 0 Å². The van der Waals surface area contributed by atoms with Crippen molar-refractivity contribution in [2.45, 2.75) is 18.9 Å². The highest BCUT2D eigenvalue weighted by Gasteiger charge is 2.13. The van der Waals surface area contributed by atoms with Gasteiger partial charge in [-0.1, -0.05) is 0 Å². The summed E-state index contributed by atoms with van der Waals surface area (Å²) in [7, 11) is 0. The fourth-order valence-electron chi connectivity index (χ4n) is 0.733. The van der Waals surface area contributed by atoms with Gasteiger partial charge in [0.05, 0.1) is 0 Å². The van der Waals surface area contributed by atoms with Crippen molar-refractivity contribution in [3.63, 3.8) is 0 Å². The molecule has 0 aromatic heterocycles. The van der Waals surface area contributed by atoms with Gasteiger partial charge in [0, 0.05) is 19.0 Å². The Labute approximate surface area is 48.2 Å². The normalized spacial score (nSPS) is 29.6. The lowest BCUT2D eigenvalue weighted by atomic mass is 10.1. The Kier molecular flexibility index (Phi) is 1.48. The molecule has 3 heteroatoms. The lowest BCUT2D eigenvalue weighted by Crippen LogP contribution is -2.38. The average Bonchev–Trinajstić information content (AvgIpc) is 1.77. The fourth-order valence-corrected chi connectivity index (χ4v) is 0.733. The quantitative estimate of drug-likeness (QED) is 0.454. The lowest BCUT2D eigenvalue weighted by molar-refractivity contribution is -0.122. The predicted molar refractivity (Wildman–Crippen MR) is 29.1 cm³/mol. The van der Waals surface area contributed by atoms with Crippen LogP contribution < -0.4 is 11.1 Å². The molecule has 3 nitrogen and oxygen atoms in total. The molecule has 2 N–H and O–H groups in total. The van der Waals surface area contributed by atoms with Gasteiger partial charge in [-0.25, -0.2) is 0 Å². The zero-order chi connectivity index (χ0) is 5.98. The number of hydrogen-bond donors (Lipinski definition) is 1. The maximum atomic E-state index is 10.4. The minimum atomic E-state index is -0.0623. The molecular weight excluding hydrogens is 104 g/mol. The van der Waals surface area contributed by atoms with Gasteiger partial charge >= 0.3 is 0 Å². The summed E-state index contributed by atoms with van der Waals surface area (Å²) in [5.74, 6) is 0.0912. The Morgan fingerprint density at radius 1 is 1.75 bits per heavy atom. The van der Waals surface area contributed by atoms with Crippen molar-refractivity contribution in [2.75, 3.05) is 6.54 Å². The van der Waals surface area contributed by atoms with Gasteiger partial charge < -0.3 is 5.32 Å². The minimum Gasteiger partial charge on any atom is -0.354 e. The molecule has 1 amide bonds. The number of hydrogen-bond acceptors (Lipinski definition) is 1. The van der Waals surface area contributed by atoms with Gasteiger partial charge in [-0.15, -0.1) is 0 Å². The van der Waals surface area contributed by atoms with Gasteiger partial charge in [0.15, 0.2) is 0 Å². The molecule has 0 aromatic rings. The van der Waals surface area contributed by atoms with E-state index in [1.54, 1.807) is 0 Å². The number of piperidine rings is 1. The Morgan fingerprint density at radius 3 is 2.88 bits per heavy atom. The minimum absolute atomic E-state index is 0.0623. The summed E-state index contributed by atoms with van der Waals surface area (Å²) in [4.78, 5) is 10.4. The van der Waals surface area contributed by atoms with Crippen LogP contribution in [-0.4, -0.2) is 18.5 Å². The van der Waals surface area contributed by atoms with Crippen molar-refractivity contribution in [1.82, 2.24) is 11.1 Å². The zero-order valence-electron chi connectivity index (χ0n) is 4.61. The largest absolute Gasteiger partial charge is 0.354 e.